The van der Waals surface area contributed by atoms with E-state index in [4.69, 9.17) is 8.71 Å². The smallest absolute Gasteiger partial charge is 0.274 e. The number of aryl methyl sites for hydroxylation is 1. The second-order valence-electron chi connectivity index (χ2n) is 6.95. The van der Waals surface area contributed by atoms with Crippen molar-refractivity contribution >= 4 is 27.4 Å². The van der Waals surface area contributed by atoms with E-state index in [0.717, 1.165) is 11.8 Å². The number of aromatic nitrogens is 4. The zero-order valence-electron chi connectivity index (χ0n) is 16.9. The van der Waals surface area contributed by atoms with Crippen LogP contribution < -0.4 is 5.32 Å². The van der Waals surface area contributed by atoms with Crippen molar-refractivity contribution in [3.05, 3.63) is 65.9 Å². The quantitative estimate of drug-likeness (QED) is 0.452. The Hall–Kier alpha value is -3.57. The minimum absolute atomic E-state index is 0.0253. The zero-order chi connectivity index (χ0) is 22.2. The summed E-state index contributed by atoms with van der Waals surface area (Å²) in [6.45, 7) is 3.35. The van der Waals surface area contributed by atoms with Crippen LogP contribution in [0.2, 0.25) is 0 Å². The predicted octanol–water partition coefficient (Wildman–Crippen LogP) is 2.98. The van der Waals surface area contributed by atoms with Gasteiger partial charge >= 0.3 is 0 Å². The molecule has 0 aliphatic heterocycles. The summed E-state index contributed by atoms with van der Waals surface area (Å²) in [5.74, 6) is -0.0514. The van der Waals surface area contributed by atoms with Gasteiger partial charge in [-0.1, -0.05) is 23.4 Å². The number of carbonyl (C=O) groups is 1. The van der Waals surface area contributed by atoms with Crippen LogP contribution in [0.4, 0.5) is 5.69 Å². The highest BCUT2D eigenvalue weighted by molar-refractivity contribution is 7.86. The topological polar surface area (TPSA) is 129 Å². The molecule has 0 saturated heterocycles. The Morgan fingerprint density at radius 3 is 2.84 bits per heavy atom. The molecule has 160 valence electrons. The van der Waals surface area contributed by atoms with E-state index < -0.39 is 16.2 Å². The standard InChI is InChI=1S/C20H19N5O5S/c1-12-7-8-14(18-23-20(29-24-18)13(2)30-31(3,27)28)10-15(12)22-19(26)16-11-21-17-6-4-5-9-25(16)17/h4-11,13H,1-3H3,(H,22,26)/t13-/m0/s1. The number of nitrogens with one attached hydrogen (secondary N) is 1. The van der Waals surface area contributed by atoms with Gasteiger partial charge in [-0.3, -0.25) is 13.4 Å². The molecule has 11 heteroatoms. The Morgan fingerprint density at radius 1 is 1.26 bits per heavy atom. The second kappa shape index (κ2) is 7.93. The van der Waals surface area contributed by atoms with Gasteiger partial charge in [0.25, 0.3) is 21.9 Å². The molecule has 3 heterocycles. The largest absolute Gasteiger partial charge is 0.336 e. The Morgan fingerprint density at radius 2 is 2.06 bits per heavy atom. The van der Waals surface area contributed by atoms with Gasteiger partial charge in [0.1, 0.15) is 11.3 Å². The Balaban J connectivity index is 1.59. The van der Waals surface area contributed by atoms with Crippen LogP contribution in [0.1, 0.15) is 35.0 Å². The summed E-state index contributed by atoms with van der Waals surface area (Å²) >= 11 is 0. The lowest BCUT2D eigenvalue weighted by atomic mass is 10.1. The Bertz CT molecular complexity index is 1380. The summed E-state index contributed by atoms with van der Waals surface area (Å²) in [5, 5.41) is 6.78. The molecule has 10 nitrogen and oxygen atoms in total. The molecular weight excluding hydrogens is 422 g/mol. The lowest BCUT2D eigenvalue weighted by Crippen LogP contribution is -2.15. The fraction of sp³-hybridized carbons (Fsp3) is 0.200. The van der Waals surface area contributed by atoms with Crippen molar-refractivity contribution in [1.82, 2.24) is 19.5 Å². The number of imidazole rings is 1. The van der Waals surface area contributed by atoms with Crippen LogP contribution in [0.25, 0.3) is 17.0 Å². The average Bonchev–Trinajstić information content (AvgIpc) is 3.36. The molecule has 1 N–H and O–H groups in total. The number of hydrogen-bond acceptors (Lipinski definition) is 8. The Kier molecular flexibility index (Phi) is 5.29. The highest BCUT2D eigenvalue weighted by Crippen LogP contribution is 2.26. The SMILES string of the molecule is Cc1ccc(-c2noc([C@H](C)OS(C)(=O)=O)n2)cc1NC(=O)c1cnc2ccccn12. The van der Waals surface area contributed by atoms with Crippen LogP contribution in [0, 0.1) is 6.92 Å². The summed E-state index contributed by atoms with van der Waals surface area (Å²) in [5.41, 5.74) is 3.06. The van der Waals surface area contributed by atoms with Gasteiger partial charge in [-0.05, 0) is 37.6 Å². The van der Waals surface area contributed by atoms with E-state index in [9.17, 15) is 13.2 Å². The molecule has 31 heavy (non-hydrogen) atoms. The van der Waals surface area contributed by atoms with Crippen molar-refractivity contribution < 1.29 is 21.9 Å². The van der Waals surface area contributed by atoms with E-state index in [1.165, 1.54) is 13.1 Å². The number of hydrogen-bond donors (Lipinski definition) is 1. The maximum absolute atomic E-state index is 12.8. The Labute approximate surface area is 178 Å². The molecule has 0 saturated carbocycles. The number of nitrogens with zero attached hydrogens (tertiary/aromatic N) is 4. The highest BCUT2D eigenvalue weighted by atomic mass is 32.2. The van der Waals surface area contributed by atoms with Gasteiger partial charge in [-0.15, -0.1) is 0 Å². The van der Waals surface area contributed by atoms with Crippen LogP contribution in [0.15, 0.2) is 53.3 Å². The van der Waals surface area contributed by atoms with Crippen molar-refractivity contribution in [2.45, 2.75) is 20.0 Å². The lowest BCUT2D eigenvalue weighted by molar-refractivity contribution is 0.102. The minimum atomic E-state index is -3.67. The van der Waals surface area contributed by atoms with Crippen LogP contribution in [-0.2, 0) is 14.3 Å². The van der Waals surface area contributed by atoms with Gasteiger partial charge in [0, 0.05) is 17.4 Å². The van der Waals surface area contributed by atoms with Gasteiger partial charge in [0.05, 0.1) is 12.5 Å². The normalized spacial score (nSPS) is 12.7. The zero-order valence-corrected chi connectivity index (χ0v) is 17.8. The third-order valence-corrected chi connectivity index (χ3v) is 5.14. The van der Waals surface area contributed by atoms with E-state index in [2.05, 4.69) is 20.4 Å². The van der Waals surface area contributed by atoms with Crippen LogP contribution >= 0.6 is 0 Å². The summed E-state index contributed by atoms with van der Waals surface area (Å²) in [7, 11) is -3.67. The van der Waals surface area contributed by atoms with Crippen molar-refractivity contribution in [3.63, 3.8) is 0 Å². The number of anilines is 1. The first-order valence-electron chi connectivity index (χ1n) is 9.27. The third kappa shape index (κ3) is 4.47. The highest BCUT2D eigenvalue weighted by Gasteiger charge is 2.21. The first-order chi connectivity index (χ1) is 14.7. The van der Waals surface area contributed by atoms with Crippen LogP contribution in [-0.4, -0.2) is 40.1 Å². The first kappa shape index (κ1) is 20.7. The summed E-state index contributed by atoms with van der Waals surface area (Å²) < 4.78 is 34.3. The average molecular weight is 441 g/mol. The van der Waals surface area contributed by atoms with E-state index >= 15 is 0 Å². The number of benzene rings is 1. The number of pyridine rings is 1. The summed E-state index contributed by atoms with van der Waals surface area (Å²) in [6, 6.07) is 10.8. The number of amides is 1. The number of fused-ring (bicyclic) bond motifs is 1. The monoisotopic (exact) mass is 441 g/mol. The van der Waals surface area contributed by atoms with E-state index in [0.29, 0.717) is 22.6 Å². The van der Waals surface area contributed by atoms with Crippen LogP contribution in [0.5, 0.6) is 0 Å². The van der Waals surface area contributed by atoms with E-state index in [1.54, 1.807) is 22.7 Å². The first-order valence-corrected chi connectivity index (χ1v) is 11.1. The molecule has 0 aliphatic rings. The van der Waals surface area contributed by atoms with Crippen molar-refractivity contribution in [3.8, 4) is 11.4 Å². The molecule has 0 radical (unpaired) electrons. The third-order valence-electron chi connectivity index (χ3n) is 4.50. The molecule has 4 aromatic rings. The van der Waals surface area contributed by atoms with Gasteiger partial charge in [0.15, 0.2) is 6.10 Å². The number of carbonyl (C=O) groups excluding carboxylic acids is 1. The van der Waals surface area contributed by atoms with Crippen LogP contribution in [0.3, 0.4) is 0 Å². The molecule has 0 unspecified atom stereocenters. The van der Waals surface area contributed by atoms with E-state index in [1.807, 2.05) is 31.2 Å². The maximum Gasteiger partial charge on any atom is 0.274 e. The lowest BCUT2D eigenvalue weighted by Gasteiger charge is -2.09. The van der Waals surface area contributed by atoms with Crippen molar-refractivity contribution in [1.29, 1.82) is 0 Å². The molecule has 3 aromatic heterocycles. The molecule has 4 rings (SSSR count). The van der Waals surface area contributed by atoms with Gasteiger partial charge < -0.3 is 9.84 Å². The van der Waals surface area contributed by atoms with Gasteiger partial charge in [-0.2, -0.15) is 13.4 Å². The number of rotatable bonds is 6. The van der Waals surface area contributed by atoms with Gasteiger partial charge in [-0.25, -0.2) is 4.98 Å². The minimum Gasteiger partial charge on any atom is -0.336 e. The molecule has 1 atom stereocenters. The summed E-state index contributed by atoms with van der Waals surface area (Å²) in [4.78, 5) is 21.3. The van der Waals surface area contributed by atoms with E-state index in [-0.39, 0.29) is 17.6 Å². The fourth-order valence-corrected chi connectivity index (χ4v) is 3.61. The fourth-order valence-electron chi connectivity index (χ4n) is 3.00. The molecule has 0 bridgehead atoms. The molecule has 0 fully saturated rings. The van der Waals surface area contributed by atoms with Gasteiger partial charge in [0.2, 0.25) is 5.82 Å². The maximum atomic E-state index is 12.8. The summed E-state index contributed by atoms with van der Waals surface area (Å²) in [6.07, 6.45) is 3.30. The van der Waals surface area contributed by atoms with Crippen molar-refractivity contribution in [2.24, 2.45) is 0 Å². The molecule has 0 spiro atoms. The predicted molar refractivity (Wildman–Crippen MR) is 112 cm³/mol. The molecular formula is C20H19N5O5S. The second-order valence-corrected chi connectivity index (χ2v) is 8.56. The molecule has 1 amide bonds. The van der Waals surface area contributed by atoms with Crippen molar-refractivity contribution in [2.75, 3.05) is 11.6 Å². The molecule has 0 aliphatic carbocycles. The molecule has 1 aromatic carbocycles.